The number of hydrogen-bond acceptors (Lipinski definition) is 4. The Hall–Kier alpha value is -0.610. The number of carbonyl (C=O) groups is 1. The van der Waals surface area contributed by atoms with Crippen molar-refractivity contribution < 1.29 is 14.9 Å². The predicted molar refractivity (Wildman–Crippen MR) is 31.6 cm³/mol. The summed E-state index contributed by atoms with van der Waals surface area (Å²) in [4.78, 5) is 13.7. The van der Waals surface area contributed by atoms with Gasteiger partial charge in [0.15, 0.2) is 0 Å². The summed E-state index contributed by atoms with van der Waals surface area (Å²) in [6.07, 6.45) is 1.34. The van der Waals surface area contributed by atoms with Gasteiger partial charge in [-0.05, 0) is 6.42 Å². The zero-order valence-electron chi connectivity index (χ0n) is 5.33. The molecule has 0 heterocycles. The molecule has 0 aliphatic carbocycles. The molecular weight excluding hydrogens is 122 g/mol. The molecule has 0 radical (unpaired) electrons. The standard InChI is InChI=1S/C5H11NO3/c1-2-3-4(6)5(7)9-8/h4,8H,2-3,6H2,1H3. The van der Waals surface area contributed by atoms with Crippen molar-refractivity contribution in [3.63, 3.8) is 0 Å². The van der Waals surface area contributed by atoms with Gasteiger partial charge in [-0.1, -0.05) is 13.3 Å². The molecule has 4 heteroatoms. The van der Waals surface area contributed by atoms with E-state index in [1.54, 1.807) is 0 Å². The highest BCUT2D eigenvalue weighted by Crippen LogP contribution is 1.93. The van der Waals surface area contributed by atoms with Crippen LogP contribution >= 0.6 is 0 Å². The molecule has 0 aliphatic rings. The molecule has 0 aliphatic heterocycles. The molecule has 0 aromatic heterocycles. The topological polar surface area (TPSA) is 72.6 Å². The average Bonchev–Trinajstić information content (AvgIpc) is 1.87. The van der Waals surface area contributed by atoms with Crippen LogP contribution in [0.4, 0.5) is 0 Å². The van der Waals surface area contributed by atoms with Gasteiger partial charge in [0.1, 0.15) is 6.04 Å². The largest absolute Gasteiger partial charge is 0.358 e. The first-order valence-electron chi connectivity index (χ1n) is 2.83. The van der Waals surface area contributed by atoms with E-state index < -0.39 is 12.0 Å². The van der Waals surface area contributed by atoms with Crippen molar-refractivity contribution in [1.82, 2.24) is 0 Å². The fourth-order valence-electron chi connectivity index (χ4n) is 0.497. The maximum Gasteiger partial charge on any atom is 0.358 e. The summed E-state index contributed by atoms with van der Waals surface area (Å²) < 4.78 is 0. The Labute approximate surface area is 53.5 Å². The monoisotopic (exact) mass is 133 g/mol. The second-order valence-electron chi connectivity index (χ2n) is 1.81. The van der Waals surface area contributed by atoms with Crippen LogP contribution in [0.2, 0.25) is 0 Å². The van der Waals surface area contributed by atoms with E-state index in [1.165, 1.54) is 0 Å². The van der Waals surface area contributed by atoms with Gasteiger partial charge >= 0.3 is 5.97 Å². The van der Waals surface area contributed by atoms with E-state index in [4.69, 9.17) is 11.0 Å². The van der Waals surface area contributed by atoms with Gasteiger partial charge in [0.2, 0.25) is 0 Å². The third kappa shape index (κ3) is 3.05. The summed E-state index contributed by atoms with van der Waals surface area (Å²) in [5.74, 6) is -0.767. The summed E-state index contributed by atoms with van der Waals surface area (Å²) in [5.41, 5.74) is 5.20. The van der Waals surface area contributed by atoms with Crippen LogP contribution in [0, 0.1) is 0 Å². The molecule has 0 saturated carbocycles. The fraction of sp³-hybridized carbons (Fsp3) is 0.800. The van der Waals surface area contributed by atoms with Gasteiger partial charge in [-0.2, -0.15) is 5.26 Å². The Morgan fingerprint density at radius 1 is 1.89 bits per heavy atom. The summed E-state index contributed by atoms with van der Waals surface area (Å²) in [6.45, 7) is 1.89. The van der Waals surface area contributed by atoms with Gasteiger partial charge in [-0.15, -0.1) is 0 Å². The second-order valence-corrected chi connectivity index (χ2v) is 1.81. The van der Waals surface area contributed by atoms with E-state index >= 15 is 0 Å². The fourth-order valence-corrected chi connectivity index (χ4v) is 0.497. The molecule has 0 amide bonds. The Kier molecular flexibility index (Phi) is 4.00. The Morgan fingerprint density at radius 2 is 2.44 bits per heavy atom. The van der Waals surface area contributed by atoms with E-state index in [-0.39, 0.29) is 0 Å². The first-order valence-corrected chi connectivity index (χ1v) is 2.83. The van der Waals surface area contributed by atoms with Gasteiger partial charge in [-0.3, -0.25) is 4.89 Å². The molecule has 0 rings (SSSR count). The van der Waals surface area contributed by atoms with Gasteiger partial charge in [0, 0.05) is 0 Å². The van der Waals surface area contributed by atoms with E-state index in [1.807, 2.05) is 6.92 Å². The number of nitrogens with two attached hydrogens (primary N) is 1. The van der Waals surface area contributed by atoms with Gasteiger partial charge in [-0.25, -0.2) is 4.79 Å². The van der Waals surface area contributed by atoms with Crippen LogP contribution in [0.3, 0.4) is 0 Å². The molecule has 0 aromatic rings. The first kappa shape index (κ1) is 8.39. The van der Waals surface area contributed by atoms with E-state index in [2.05, 4.69) is 4.89 Å². The lowest BCUT2D eigenvalue weighted by Crippen LogP contribution is -2.31. The minimum atomic E-state index is -0.767. The smallest absolute Gasteiger partial charge is 0.318 e. The summed E-state index contributed by atoms with van der Waals surface area (Å²) in [5, 5.41) is 7.80. The predicted octanol–water partition coefficient (Wildman–Crippen LogP) is 0.130. The van der Waals surface area contributed by atoms with Crippen LogP contribution < -0.4 is 5.73 Å². The molecule has 1 unspecified atom stereocenters. The maximum absolute atomic E-state index is 10.3. The highest BCUT2D eigenvalue weighted by atomic mass is 17.1. The van der Waals surface area contributed by atoms with Crippen LogP contribution in [0.1, 0.15) is 19.8 Å². The van der Waals surface area contributed by atoms with Crippen molar-refractivity contribution in [1.29, 1.82) is 0 Å². The minimum absolute atomic E-state index is 0.541. The molecular formula is C5H11NO3. The highest BCUT2D eigenvalue weighted by Gasteiger charge is 2.12. The van der Waals surface area contributed by atoms with Gasteiger partial charge < -0.3 is 5.73 Å². The van der Waals surface area contributed by atoms with Crippen molar-refractivity contribution >= 4 is 5.97 Å². The third-order valence-corrected chi connectivity index (χ3v) is 0.992. The second kappa shape index (κ2) is 4.29. The zero-order valence-corrected chi connectivity index (χ0v) is 5.33. The quantitative estimate of drug-likeness (QED) is 0.424. The zero-order chi connectivity index (χ0) is 7.28. The van der Waals surface area contributed by atoms with Gasteiger partial charge in [0.25, 0.3) is 0 Å². The minimum Gasteiger partial charge on any atom is -0.318 e. The first-order chi connectivity index (χ1) is 4.22. The average molecular weight is 133 g/mol. The third-order valence-electron chi connectivity index (χ3n) is 0.992. The maximum atomic E-state index is 10.3. The molecule has 0 aromatic carbocycles. The lowest BCUT2D eigenvalue weighted by atomic mass is 10.2. The van der Waals surface area contributed by atoms with E-state index in [0.717, 1.165) is 6.42 Å². The molecule has 0 saturated heterocycles. The molecule has 4 nitrogen and oxygen atoms in total. The lowest BCUT2D eigenvalue weighted by molar-refractivity contribution is -0.235. The van der Waals surface area contributed by atoms with Crippen LogP contribution in [-0.4, -0.2) is 17.3 Å². The SMILES string of the molecule is CCCC(N)C(=O)OO. The van der Waals surface area contributed by atoms with Crippen LogP contribution in [0.25, 0.3) is 0 Å². The molecule has 9 heavy (non-hydrogen) atoms. The molecule has 1 atom stereocenters. The van der Waals surface area contributed by atoms with Crippen molar-refractivity contribution in [3.05, 3.63) is 0 Å². The van der Waals surface area contributed by atoms with Gasteiger partial charge in [0.05, 0.1) is 0 Å². The normalized spacial score (nSPS) is 12.8. The molecule has 3 N–H and O–H groups in total. The lowest BCUT2D eigenvalue weighted by Gasteiger charge is -2.03. The van der Waals surface area contributed by atoms with E-state index in [0.29, 0.717) is 6.42 Å². The molecule has 0 fully saturated rings. The highest BCUT2D eigenvalue weighted by molar-refractivity contribution is 5.74. The Bertz CT molecular complexity index is 94.2. The van der Waals surface area contributed by atoms with Crippen molar-refractivity contribution in [2.45, 2.75) is 25.8 Å². The van der Waals surface area contributed by atoms with Crippen molar-refractivity contribution in [2.24, 2.45) is 5.73 Å². The van der Waals surface area contributed by atoms with Crippen LogP contribution in [0.15, 0.2) is 0 Å². The molecule has 54 valence electrons. The molecule has 0 bridgehead atoms. The number of rotatable bonds is 3. The van der Waals surface area contributed by atoms with Crippen LogP contribution in [-0.2, 0) is 9.68 Å². The van der Waals surface area contributed by atoms with Crippen molar-refractivity contribution in [3.8, 4) is 0 Å². The van der Waals surface area contributed by atoms with E-state index in [9.17, 15) is 4.79 Å². The van der Waals surface area contributed by atoms with Crippen molar-refractivity contribution in [2.75, 3.05) is 0 Å². The summed E-state index contributed by atoms with van der Waals surface area (Å²) in [7, 11) is 0. The Balaban J connectivity index is 3.45. The summed E-state index contributed by atoms with van der Waals surface area (Å²) >= 11 is 0. The van der Waals surface area contributed by atoms with Crippen LogP contribution in [0.5, 0.6) is 0 Å². The number of hydrogen-bond donors (Lipinski definition) is 2. The molecule has 0 spiro atoms. The number of carbonyl (C=O) groups excluding carboxylic acids is 1. The summed E-state index contributed by atoms with van der Waals surface area (Å²) in [6, 6.07) is -0.681. The Morgan fingerprint density at radius 3 is 2.78 bits per heavy atom.